The zero-order valence-electron chi connectivity index (χ0n) is 18.5. The van der Waals surface area contributed by atoms with Gasteiger partial charge in [0.2, 0.25) is 0 Å². The summed E-state index contributed by atoms with van der Waals surface area (Å²) in [5, 5.41) is 0. The van der Waals surface area contributed by atoms with E-state index in [2.05, 4.69) is 0 Å². The second-order valence-corrected chi connectivity index (χ2v) is 8.28. The van der Waals surface area contributed by atoms with Crippen LogP contribution in [0.15, 0.2) is 42.5 Å². The first-order chi connectivity index (χ1) is 15.5. The van der Waals surface area contributed by atoms with Crippen LogP contribution in [0.2, 0.25) is 0 Å². The van der Waals surface area contributed by atoms with Crippen LogP contribution in [0.1, 0.15) is 41.3 Å². The molecule has 0 N–H and O–H groups in total. The quantitative estimate of drug-likeness (QED) is 0.672. The minimum absolute atomic E-state index is 0.00227. The molecule has 0 aromatic heterocycles. The maximum absolute atomic E-state index is 13.2. The molecule has 2 aliphatic rings. The van der Waals surface area contributed by atoms with E-state index in [9.17, 15) is 14.4 Å². The van der Waals surface area contributed by atoms with Gasteiger partial charge in [-0.3, -0.25) is 14.4 Å². The molecule has 7 heteroatoms. The molecule has 2 heterocycles. The van der Waals surface area contributed by atoms with Gasteiger partial charge in [-0.05, 0) is 62.1 Å². The topological polar surface area (TPSA) is 76.2 Å². The van der Waals surface area contributed by atoms with E-state index in [4.69, 9.17) is 9.47 Å². The van der Waals surface area contributed by atoms with Gasteiger partial charge in [0.1, 0.15) is 5.75 Å². The van der Waals surface area contributed by atoms with Gasteiger partial charge in [-0.2, -0.15) is 0 Å². The third kappa shape index (κ3) is 4.61. The fourth-order valence-electron chi connectivity index (χ4n) is 4.27. The second-order valence-electron chi connectivity index (χ2n) is 8.28. The molecular formula is C25H28N2O5. The van der Waals surface area contributed by atoms with Crippen LogP contribution in [-0.4, -0.2) is 49.0 Å². The average molecular weight is 437 g/mol. The number of carbonyl (C=O) groups is 3. The van der Waals surface area contributed by atoms with Gasteiger partial charge in [0.15, 0.2) is 6.61 Å². The van der Waals surface area contributed by atoms with Crippen LogP contribution in [-0.2, 0) is 20.9 Å². The molecule has 0 spiro atoms. The minimum Gasteiger partial charge on any atom is -0.482 e. The molecule has 7 nitrogen and oxygen atoms in total. The molecule has 1 unspecified atom stereocenters. The number of ether oxygens (including phenoxy) is 2. The Labute approximate surface area is 187 Å². The van der Waals surface area contributed by atoms with Crippen LogP contribution >= 0.6 is 0 Å². The molecule has 32 heavy (non-hydrogen) atoms. The van der Waals surface area contributed by atoms with Crippen molar-refractivity contribution in [1.82, 2.24) is 4.90 Å². The molecule has 0 radical (unpaired) electrons. The highest BCUT2D eigenvalue weighted by Crippen LogP contribution is 2.34. The van der Waals surface area contributed by atoms with E-state index < -0.39 is 0 Å². The molecule has 1 saturated heterocycles. The van der Waals surface area contributed by atoms with Gasteiger partial charge < -0.3 is 19.3 Å². The second kappa shape index (κ2) is 9.42. The number of esters is 1. The Bertz CT molecular complexity index is 1030. The molecule has 0 aliphatic carbocycles. The number of anilines is 1. The van der Waals surface area contributed by atoms with E-state index in [1.165, 1.54) is 0 Å². The smallest absolute Gasteiger partial charge is 0.310 e. The maximum atomic E-state index is 13.2. The highest BCUT2D eigenvalue weighted by molar-refractivity contribution is 5.98. The summed E-state index contributed by atoms with van der Waals surface area (Å²) < 4.78 is 10.7. The number of likely N-dealkylation sites (tertiary alicyclic amines) is 1. The lowest BCUT2D eigenvalue weighted by Gasteiger charge is -2.32. The van der Waals surface area contributed by atoms with Gasteiger partial charge in [0.05, 0.1) is 24.8 Å². The van der Waals surface area contributed by atoms with Crippen molar-refractivity contribution in [3.63, 3.8) is 0 Å². The number of benzene rings is 2. The SMILES string of the molecule is CCOC(=O)C1CCCN(C(=O)c2cccc(CN3C(=O)COc4ccc(C)cc43)c2)C1. The summed E-state index contributed by atoms with van der Waals surface area (Å²) in [6, 6.07) is 13.1. The van der Waals surface area contributed by atoms with E-state index >= 15 is 0 Å². The normalized spacial score (nSPS) is 18.1. The molecule has 1 atom stereocenters. The van der Waals surface area contributed by atoms with Gasteiger partial charge in [0, 0.05) is 18.7 Å². The van der Waals surface area contributed by atoms with Crippen LogP contribution in [0.3, 0.4) is 0 Å². The Balaban J connectivity index is 1.51. The summed E-state index contributed by atoms with van der Waals surface area (Å²) in [5.41, 5.74) is 3.19. The predicted octanol–water partition coefficient (Wildman–Crippen LogP) is 3.34. The van der Waals surface area contributed by atoms with Crippen molar-refractivity contribution in [2.24, 2.45) is 5.92 Å². The Morgan fingerprint density at radius 1 is 1.19 bits per heavy atom. The van der Waals surface area contributed by atoms with Crippen LogP contribution < -0.4 is 9.64 Å². The number of hydrogen-bond donors (Lipinski definition) is 0. The summed E-state index contributed by atoms with van der Waals surface area (Å²) in [4.78, 5) is 41.3. The number of carbonyl (C=O) groups excluding carboxylic acids is 3. The van der Waals surface area contributed by atoms with E-state index in [1.807, 2.05) is 43.3 Å². The molecule has 2 aliphatic heterocycles. The minimum atomic E-state index is -0.276. The maximum Gasteiger partial charge on any atom is 0.310 e. The van der Waals surface area contributed by atoms with E-state index in [0.29, 0.717) is 37.6 Å². The Morgan fingerprint density at radius 3 is 2.84 bits per heavy atom. The first-order valence-corrected chi connectivity index (χ1v) is 11.0. The van der Waals surface area contributed by atoms with Crippen LogP contribution in [0.25, 0.3) is 0 Å². The van der Waals surface area contributed by atoms with Crippen molar-refractivity contribution >= 4 is 23.5 Å². The third-order valence-corrected chi connectivity index (χ3v) is 5.90. The van der Waals surface area contributed by atoms with Crippen molar-refractivity contribution < 1.29 is 23.9 Å². The lowest BCUT2D eigenvalue weighted by molar-refractivity contribution is -0.149. The first kappa shape index (κ1) is 21.9. The summed E-state index contributed by atoms with van der Waals surface area (Å²) in [6.07, 6.45) is 1.51. The lowest BCUT2D eigenvalue weighted by Crippen LogP contribution is -2.43. The third-order valence-electron chi connectivity index (χ3n) is 5.90. The first-order valence-electron chi connectivity index (χ1n) is 11.0. The molecule has 2 aromatic carbocycles. The van der Waals surface area contributed by atoms with Crippen LogP contribution in [0.4, 0.5) is 5.69 Å². The summed E-state index contributed by atoms with van der Waals surface area (Å²) in [6.45, 7) is 5.44. The number of aryl methyl sites for hydroxylation is 1. The zero-order chi connectivity index (χ0) is 22.7. The molecule has 0 bridgehead atoms. The van der Waals surface area contributed by atoms with Crippen molar-refractivity contribution in [2.75, 3.05) is 31.2 Å². The zero-order valence-corrected chi connectivity index (χ0v) is 18.5. The molecule has 2 aromatic rings. The van der Waals surface area contributed by atoms with E-state index in [-0.39, 0.29) is 30.3 Å². The Kier molecular flexibility index (Phi) is 6.44. The van der Waals surface area contributed by atoms with Gasteiger partial charge >= 0.3 is 5.97 Å². The summed E-state index contributed by atoms with van der Waals surface area (Å²) >= 11 is 0. The fourth-order valence-corrected chi connectivity index (χ4v) is 4.27. The summed E-state index contributed by atoms with van der Waals surface area (Å²) in [7, 11) is 0. The fraction of sp³-hybridized carbons (Fsp3) is 0.400. The standard InChI is InChI=1S/C25H28N2O5/c1-3-31-25(30)20-8-5-11-26(15-20)24(29)19-7-4-6-18(13-19)14-27-21-12-17(2)9-10-22(21)32-16-23(27)28/h4,6-7,9-10,12-13,20H,3,5,8,11,14-16H2,1-2H3. The number of fused-ring (bicyclic) bond motifs is 1. The number of hydrogen-bond acceptors (Lipinski definition) is 5. The predicted molar refractivity (Wildman–Crippen MR) is 120 cm³/mol. The van der Waals surface area contributed by atoms with Gasteiger partial charge in [0.25, 0.3) is 11.8 Å². The number of piperidine rings is 1. The van der Waals surface area contributed by atoms with Gasteiger partial charge in [-0.25, -0.2) is 0 Å². The Morgan fingerprint density at radius 2 is 2.03 bits per heavy atom. The van der Waals surface area contributed by atoms with Crippen molar-refractivity contribution in [3.8, 4) is 5.75 Å². The molecule has 2 amide bonds. The average Bonchev–Trinajstić information content (AvgIpc) is 2.81. The highest BCUT2D eigenvalue weighted by Gasteiger charge is 2.30. The van der Waals surface area contributed by atoms with Crippen molar-refractivity contribution in [1.29, 1.82) is 0 Å². The van der Waals surface area contributed by atoms with Gasteiger partial charge in [-0.15, -0.1) is 0 Å². The molecule has 1 fully saturated rings. The van der Waals surface area contributed by atoms with Crippen molar-refractivity contribution in [2.45, 2.75) is 33.2 Å². The number of nitrogens with zero attached hydrogens (tertiary/aromatic N) is 2. The Hall–Kier alpha value is -3.35. The van der Waals surface area contributed by atoms with E-state index in [1.54, 1.807) is 22.8 Å². The monoisotopic (exact) mass is 436 g/mol. The molecular weight excluding hydrogens is 408 g/mol. The summed E-state index contributed by atoms with van der Waals surface area (Å²) in [5.74, 6) is -0.0561. The van der Waals surface area contributed by atoms with Crippen LogP contribution in [0, 0.1) is 12.8 Å². The highest BCUT2D eigenvalue weighted by atomic mass is 16.5. The van der Waals surface area contributed by atoms with Crippen LogP contribution in [0.5, 0.6) is 5.75 Å². The number of rotatable bonds is 5. The molecule has 0 saturated carbocycles. The number of amides is 2. The largest absolute Gasteiger partial charge is 0.482 e. The van der Waals surface area contributed by atoms with Gasteiger partial charge in [-0.1, -0.05) is 18.2 Å². The van der Waals surface area contributed by atoms with Crippen molar-refractivity contribution in [3.05, 3.63) is 59.2 Å². The molecule has 4 rings (SSSR count). The molecule has 168 valence electrons. The lowest BCUT2D eigenvalue weighted by atomic mass is 9.97. The van der Waals surface area contributed by atoms with E-state index in [0.717, 1.165) is 29.7 Å².